The van der Waals surface area contributed by atoms with Crippen LogP contribution < -0.4 is 5.32 Å². The van der Waals surface area contributed by atoms with Gasteiger partial charge in [0.25, 0.3) is 0 Å². The van der Waals surface area contributed by atoms with E-state index in [4.69, 9.17) is 4.52 Å². The monoisotopic (exact) mass is 329 g/mol. The lowest BCUT2D eigenvalue weighted by Gasteiger charge is -2.25. The van der Waals surface area contributed by atoms with E-state index < -0.39 is 0 Å². The van der Waals surface area contributed by atoms with Crippen LogP contribution in [0, 0.1) is 13.8 Å². The SMILES string of the molecule is CCCNC(=O)N(Cc1cc(-c2ccc(C)cc2C)on1)C(C)C. The molecule has 0 radical (unpaired) electrons. The topological polar surface area (TPSA) is 58.4 Å². The number of aromatic nitrogens is 1. The van der Waals surface area contributed by atoms with Crippen molar-refractivity contribution in [2.75, 3.05) is 6.54 Å². The van der Waals surface area contributed by atoms with Crippen molar-refractivity contribution in [2.24, 2.45) is 0 Å². The fourth-order valence-corrected chi connectivity index (χ4v) is 2.60. The van der Waals surface area contributed by atoms with E-state index in [1.807, 2.05) is 32.9 Å². The molecule has 2 amide bonds. The van der Waals surface area contributed by atoms with Crippen LogP contribution in [0.3, 0.4) is 0 Å². The summed E-state index contributed by atoms with van der Waals surface area (Å²) < 4.78 is 5.50. The molecule has 0 fully saturated rings. The average molecular weight is 329 g/mol. The van der Waals surface area contributed by atoms with Crippen LogP contribution in [0.15, 0.2) is 28.8 Å². The summed E-state index contributed by atoms with van der Waals surface area (Å²) in [6, 6.07) is 8.16. The molecule has 0 aliphatic rings. The molecule has 2 rings (SSSR count). The van der Waals surface area contributed by atoms with E-state index >= 15 is 0 Å². The van der Waals surface area contributed by atoms with E-state index in [0.717, 1.165) is 29.0 Å². The lowest BCUT2D eigenvalue weighted by Crippen LogP contribution is -2.43. The van der Waals surface area contributed by atoms with Gasteiger partial charge in [0.1, 0.15) is 5.69 Å². The Kier molecular flexibility index (Phi) is 6.01. The number of hydrogen-bond acceptors (Lipinski definition) is 3. The first-order chi connectivity index (χ1) is 11.4. The molecule has 0 saturated heterocycles. The maximum atomic E-state index is 12.3. The fourth-order valence-electron chi connectivity index (χ4n) is 2.60. The van der Waals surface area contributed by atoms with Gasteiger partial charge in [0.15, 0.2) is 5.76 Å². The standard InChI is InChI=1S/C19H27N3O2/c1-6-9-20-19(23)22(13(2)3)12-16-11-18(24-21-16)17-8-7-14(4)10-15(17)5/h7-8,10-11,13H,6,9,12H2,1-5H3,(H,20,23). The highest BCUT2D eigenvalue weighted by atomic mass is 16.5. The van der Waals surface area contributed by atoms with Crippen LogP contribution in [0.4, 0.5) is 4.79 Å². The minimum absolute atomic E-state index is 0.0667. The maximum Gasteiger partial charge on any atom is 0.317 e. The zero-order valence-electron chi connectivity index (χ0n) is 15.2. The minimum atomic E-state index is -0.0667. The number of nitrogens with one attached hydrogen (secondary N) is 1. The summed E-state index contributed by atoms with van der Waals surface area (Å²) in [5.41, 5.74) is 4.16. The summed E-state index contributed by atoms with van der Waals surface area (Å²) in [7, 11) is 0. The third kappa shape index (κ3) is 4.37. The van der Waals surface area contributed by atoms with E-state index in [-0.39, 0.29) is 12.1 Å². The molecule has 2 aromatic rings. The molecular weight excluding hydrogens is 302 g/mol. The van der Waals surface area contributed by atoms with E-state index in [1.165, 1.54) is 5.56 Å². The maximum absolute atomic E-state index is 12.3. The Balaban J connectivity index is 2.15. The van der Waals surface area contributed by atoms with E-state index in [2.05, 4.69) is 36.5 Å². The average Bonchev–Trinajstić information content (AvgIpc) is 2.98. The first-order valence-electron chi connectivity index (χ1n) is 8.50. The van der Waals surface area contributed by atoms with Crippen LogP contribution in [0.1, 0.15) is 44.0 Å². The zero-order chi connectivity index (χ0) is 17.7. The highest BCUT2D eigenvalue weighted by Crippen LogP contribution is 2.25. The predicted octanol–water partition coefficient (Wildman–Crippen LogP) is 4.29. The van der Waals surface area contributed by atoms with Crippen LogP contribution in [-0.2, 0) is 6.54 Å². The first kappa shape index (κ1) is 18.0. The Hall–Kier alpha value is -2.30. The second kappa shape index (κ2) is 7.99. The molecule has 1 aromatic heterocycles. The lowest BCUT2D eigenvalue weighted by molar-refractivity contribution is 0.178. The van der Waals surface area contributed by atoms with Crippen molar-refractivity contribution in [3.63, 3.8) is 0 Å². The minimum Gasteiger partial charge on any atom is -0.356 e. The largest absolute Gasteiger partial charge is 0.356 e. The molecule has 0 aliphatic carbocycles. The second-order valence-corrected chi connectivity index (χ2v) is 6.45. The molecule has 0 bridgehead atoms. The van der Waals surface area contributed by atoms with Gasteiger partial charge in [-0.1, -0.05) is 35.8 Å². The summed E-state index contributed by atoms with van der Waals surface area (Å²) in [5, 5.41) is 7.06. The summed E-state index contributed by atoms with van der Waals surface area (Å²) in [4.78, 5) is 14.0. The summed E-state index contributed by atoms with van der Waals surface area (Å²) in [6.07, 6.45) is 0.915. The van der Waals surface area contributed by atoms with Gasteiger partial charge in [-0.2, -0.15) is 0 Å². The normalized spacial score (nSPS) is 10.9. The van der Waals surface area contributed by atoms with Gasteiger partial charge in [-0.3, -0.25) is 0 Å². The number of urea groups is 1. The summed E-state index contributed by atoms with van der Waals surface area (Å²) in [6.45, 7) is 11.3. The Morgan fingerprint density at radius 1 is 1.29 bits per heavy atom. The molecule has 1 heterocycles. The van der Waals surface area contributed by atoms with Crippen molar-refractivity contribution in [2.45, 2.75) is 53.6 Å². The van der Waals surface area contributed by atoms with E-state index in [0.29, 0.717) is 13.1 Å². The number of amides is 2. The quantitative estimate of drug-likeness (QED) is 0.860. The molecule has 24 heavy (non-hydrogen) atoms. The molecule has 5 heteroatoms. The van der Waals surface area contributed by atoms with Gasteiger partial charge in [-0.25, -0.2) is 4.79 Å². The van der Waals surface area contributed by atoms with Gasteiger partial charge >= 0.3 is 6.03 Å². The Morgan fingerprint density at radius 2 is 2.04 bits per heavy atom. The highest BCUT2D eigenvalue weighted by Gasteiger charge is 2.19. The summed E-state index contributed by atoms with van der Waals surface area (Å²) in [5.74, 6) is 0.736. The molecule has 1 N–H and O–H groups in total. The molecule has 130 valence electrons. The van der Waals surface area contributed by atoms with Gasteiger partial charge in [0.05, 0.1) is 6.54 Å². The van der Waals surface area contributed by atoms with E-state index in [1.54, 1.807) is 4.90 Å². The van der Waals surface area contributed by atoms with Crippen molar-refractivity contribution in [3.05, 3.63) is 41.1 Å². The van der Waals surface area contributed by atoms with Gasteiger partial charge < -0.3 is 14.7 Å². The third-order valence-electron chi connectivity index (χ3n) is 3.95. The van der Waals surface area contributed by atoms with Crippen LogP contribution in [0.5, 0.6) is 0 Å². The van der Waals surface area contributed by atoms with Gasteiger partial charge in [0, 0.05) is 24.2 Å². The number of hydrogen-bond donors (Lipinski definition) is 1. The number of aryl methyl sites for hydroxylation is 2. The first-order valence-corrected chi connectivity index (χ1v) is 8.50. The van der Waals surface area contributed by atoms with Crippen LogP contribution in [-0.4, -0.2) is 28.7 Å². The third-order valence-corrected chi connectivity index (χ3v) is 3.95. The van der Waals surface area contributed by atoms with E-state index in [9.17, 15) is 4.79 Å². The summed E-state index contributed by atoms with van der Waals surface area (Å²) >= 11 is 0. The molecule has 5 nitrogen and oxygen atoms in total. The second-order valence-electron chi connectivity index (χ2n) is 6.45. The van der Waals surface area contributed by atoms with Crippen molar-refractivity contribution in [3.8, 4) is 11.3 Å². The Labute approximate surface area is 144 Å². The lowest BCUT2D eigenvalue weighted by atomic mass is 10.0. The number of benzene rings is 1. The van der Waals surface area contributed by atoms with Crippen molar-refractivity contribution in [1.82, 2.24) is 15.4 Å². The predicted molar refractivity (Wildman–Crippen MR) is 95.8 cm³/mol. The van der Waals surface area contributed by atoms with Crippen molar-refractivity contribution in [1.29, 1.82) is 0 Å². The van der Waals surface area contributed by atoms with Crippen LogP contribution in [0.2, 0.25) is 0 Å². The highest BCUT2D eigenvalue weighted by molar-refractivity contribution is 5.74. The van der Waals surface area contributed by atoms with Gasteiger partial charge in [-0.05, 0) is 39.7 Å². The Bertz CT molecular complexity index is 692. The molecule has 0 saturated carbocycles. The molecule has 1 aromatic carbocycles. The van der Waals surface area contributed by atoms with Crippen LogP contribution in [0.25, 0.3) is 11.3 Å². The number of nitrogens with zero attached hydrogens (tertiary/aromatic N) is 2. The molecule has 0 aliphatic heterocycles. The number of carbonyl (C=O) groups is 1. The number of rotatable bonds is 6. The fraction of sp³-hybridized carbons (Fsp3) is 0.474. The van der Waals surface area contributed by atoms with Gasteiger partial charge in [0.2, 0.25) is 0 Å². The number of carbonyl (C=O) groups excluding carboxylic acids is 1. The smallest absolute Gasteiger partial charge is 0.317 e. The molecule has 0 unspecified atom stereocenters. The molecular formula is C19H27N3O2. The molecule has 0 atom stereocenters. The molecule has 0 spiro atoms. The van der Waals surface area contributed by atoms with Gasteiger partial charge in [-0.15, -0.1) is 0 Å². The Morgan fingerprint density at radius 3 is 2.67 bits per heavy atom. The zero-order valence-corrected chi connectivity index (χ0v) is 15.2. The van der Waals surface area contributed by atoms with Crippen molar-refractivity contribution >= 4 is 6.03 Å². The van der Waals surface area contributed by atoms with Crippen LogP contribution >= 0.6 is 0 Å². The van der Waals surface area contributed by atoms with Crippen molar-refractivity contribution < 1.29 is 9.32 Å².